The van der Waals surface area contributed by atoms with Crippen LogP contribution in [0.15, 0.2) is 16.7 Å². The minimum atomic E-state index is -1.60. The van der Waals surface area contributed by atoms with Crippen LogP contribution in [-0.2, 0) is 17.8 Å². The van der Waals surface area contributed by atoms with Gasteiger partial charge >= 0.3 is 6.03 Å². The normalized spacial score (nSPS) is 16.6. The first-order valence-electron chi connectivity index (χ1n) is 8.42. The molecule has 2 aromatic rings. The van der Waals surface area contributed by atoms with Gasteiger partial charge in [-0.25, -0.2) is 18.0 Å². The molecule has 1 aromatic heterocycles. The van der Waals surface area contributed by atoms with Crippen molar-refractivity contribution < 1.29 is 27.3 Å². The third-order valence-corrected chi connectivity index (χ3v) is 4.66. The lowest BCUT2D eigenvalue weighted by molar-refractivity contribution is -0.117. The number of aromatic nitrogens is 1. The lowest BCUT2D eigenvalue weighted by Gasteiger charge is -2.27. The standard InChI is InChI=1S/C17H15F3N4O3/c18-11-6-9(7-12(19)15(11)20)21-17(26)23-5-3-13-10(8-23)16(27-22-13)24-4-1-2-14(24)25/h6-7H,1-5,8H2,(H,21,26). The Kier molecular flexibility index (Phi) is 4.25. The molecule has 27 heavy (non-hydrogen) atoms. The van der Waals surface area contributed by atoms with Crippen molar-refractivity contribution in [1.29, 1.82) is 0 Å². The van der Waals surface area contributed by atoms with E-state index >= 15 is 0 Å². The van der Waals surface area contributed by atoms with Gasteiger partial charge < -0.3 is 14.7 Å². The zero-order valence-corrected chi connectivity index (χ0v) is 14.1. The molecule has 3 amide bonds. The SMILES string of the molecule is O=C(Nc1cc(F)c(F)c(F)c1)N1CCc2noc(N3CCCC3=O)c2C1. The van der Waals surface area contributed by atoms with Gasteiger partial charge in [-0.3, -0.25) is 9.69 Å². The quantitative estimate of drug-likeness (QED) is 0.813. The monoisotopic (exact) mass is 380 g/mol. The number of rotatable bonds is 2. The maximum Gasteiger partial charge on any atom is 0.322 e. The highest BCUT2D eigenvalue weighted by Crippen LogP contribution is 2.32. The molecular weight excluding hydrogens is 365 g/mol. The summed E-state index contributed by atoms with van der Waals surface area (Å²) in [5.74, 6) is -4.10. The Labute approximate surface area is 151 Å². The fraction of sp³-hybridized carbons (Fsp3) is 0.353. The summed E-state index contributed by atoms with van der Waals surface area (Å²) in [4.78, 5) is 27.3. The highest BCUT2D eigenvalue weighted by Gasteiger charge is 2.33. The van der Waals surface area contributed by atoms with Crippen molar-refractivity contribution in [2.75, 3.05) is 23.3 Å². The summed E-state index contributed by atoms with van der Waals surface area (Å²) in [5, 5.41) is 6.33. The van der Waals surface area contributed by atoms with Gasteiger partial charge in [0.2, 0.25) is 11.8 Å². The first-order valence-corrected chi connectivity index (χ1v) is 8.42. The second kappa shape index (κ2) is 6.60. The molecule has 1 saturated heterocycles. The van der Waals surface area contributed by atoms with E-state index in [1.54, 1.807) is 0 Å². The van der Waals surface area contributed by atoms with Gasteiger partial charge in [0.05, 0.1) is 17.8 Å². The summed E-state index contributed by atoms with van der Waals surface area (Å²) in [7, 11) is 0. The van der Waals surface area contributed by atoms with Crippen LogP contribution in [0.1, 0.15) is 24.1 Å². The largest absolute Gasteiger partial charge is 0.338 e. The summed E-state index contributed by atoms with van der Waals surface area (Å²) in [6, 6.07) is 0.810. The summed E-state index contributed by atoms with van der Waals surface area (Å²) >= 11 is 0. The van der Waals surface area contributed by atoms with Gasteiger partial charge in [-0.1, -0.05) is 5.16 Å². The zero-order valence-electron chi connectivity index (χ0n) is 14.1. The van der Waals surface area contributed by atoms with E-state index in [2.05, 4.69) is 10.5 Å². The second-order valence-corrected chi connectivity index (χ2v) is 6.42. The van der Waals surface area contributed by atoms with E-state index in [9.17, 15) is 22.8 Å². The number of hydrogen-bond donors (Lipinski definition) is 1. The van der Waals surface area contributed by atoms with Crippen LogP contribution in [0.2, 0.25) is 0 Å². The van der Waals surface area contributed by atoms with Crippen LogP contribution in [0.3, 0.4) is 0 Å². The molecule has 10 heteroatoms. The maximum absolute atomic E-state index is 13.3. The first-order chi connectivity index (χ1) is 12.9. The topological polar surface area (TPSA) is 78.7 Å². The minimum Gasteiger partial charge on any atom is -0.338 e. The fourth-order valence-electron chi connectivity index (χ4n) is 3.28. The molecule has 3 heterocycles. The zero-order chi connectivity index (χ0) is 19.1. The van der Waals surface area contributed by atoms with E-state index in [4.69, 9.17) is 4.52 Å². The average Bonchev–Trinajstić information content (AvgIpc) is 3.24. The van der Waals surface area contributed by atoms with Crippen molar-refractivity contribution in [3.8, 4) is 0 Å². The third kappa shape index (κ3) is 3.11. The van der Waals surface area contributed by atoms with Crippen LogP contribution in [0.5, 0.6) is 0 Å². The predicted molar refractivity (Wildman–Crippen MR) is 87.5 cm³/mol. The molecule has 0 atom stereocenters. The fourth-order valence-corrected chi connectivity index (χ4v) is 3.28. The number of nitrogens with one attached hydrogen (secondary N) is 1. The van der Waals surface area contributed by atoms with E-state index in [-0.39, 0.29) is 18.1 Å². The van der Waals surface area contributed by atoms with Crippen molar-refractivity contribution >= 4 is 23.5 Å². The molecule has 0 bridgehead atoms. The van der Waals surface area contributed by atoms with Crippen LogP contribution in [0.25, 0.3) is 0 Å². The number of carbonyl (C=O) groups excluding carboxylic acids is 2. The van der Waals surface area contributed by atoms with Gasteiger partial charge in [0, 0.05) is 43.8 Å². The summed E-state index contributed by atoms with van der Waals surface area (Å²) in [6.07, 6.45) is 1.57. The van der Waals surface area contributed by atoms with Crippen LogP contribution in [0, 0.1) is 17.5 Å². The van der Waals surface area contributed by atoms with Crippen molar-refractivity contribution in [3.63, 3.8) is 0 Å². The molecule has 142 valence electrons. The summed E-state index contributed by atoms with van der Waals surface area (Å²) in [5.41, 5.74) is 1.12. The Balaban J connectivity index is 1.51. The average molecular weight is 380 g/mol. The van der Waals surface area contributed by atoms with Gasteiger partial charge in [0.1, 0.15) is 0 Å². The number of amides is 3. The minimum absolute atomic E-state index is 0.0622. The Bertz CT molecular complexity index is 907. The molecule has 2 aliphatic rings. The molecule has 1 N–H and O–H groups in total. The Hall–Kier alpha value is -3.04. The highest BCUT2D eigenvalue weighted by molar-refractivity contribution is 5.95. The number of nitrogens with zero attached hydrogens (tertiary/aromatic N) is 3. The molecular formula is C17H15F3N4O3. The number of hydrogen-bond acceptors (Lipinski definition) is 4. The van der Waals surface area contributed by atoms with E-state index < -0.39 is 23.5 Å². The van der Waals surface area contributed by atoms with Gasteiger partial charge in [-0.05, 0) is 6.42 Å². The lowest BCUT2D eigenvalue weighted by Crippen LogP contribution is -2.39. The van der Waals surface area contributed by atoms with Crippen molar-refractivity contribution in [2.45, 2.75) is 25.8 Å². The van der Waals surface area contributed by atoms with Crippen molar-refractivity contribution in [3.05, 3.63) is 40.8 Å². The van der Waals surface area contributed by atoms with Gasteiger partial charge in [0.25, 0.3) is 0 Å². The number of benzene rings is 1. The molecule has 0 radical (unpaired) electrons. The van der Waals surface area contributed by atoms with Crippen LogP contribution < -0.4 is 10.2 Å². The molecule has 0 spiro atoms. The Morgan fingerprint density at radius 1 is 1.15 bits per heavy atom. The van der Waals surface area contributed by atoms with Crippen LogP contribution in [-0.4, -0.2) is 35.1 Å². The molecule has 0 saturated carbocycles. The van der Waals surface area contributed by atoms with E-state index in [0.717, 1.165) is 6.42 Å². The number of carbonyl (C=O) groups is 2. The molecule has 1 aromatic carbocycles. The highest BCUT2D eigenvalue weighted by atomic mass is 19.2. The van der Waals surface area contributed by atoms with Crippen molar-refractivity contribution in [1.82, 2.24) is 10.1 Å². The first kappa shape index (κ1) is 17.4. The van der Waals surface area contributed by atoms with Crippen LogP contribution in [0.4, 0.5) is 29.5 Å². The Morgan fingerprint density at radius 2 is 1.89 bits per heavy atom. The lowest BCUT2D eigenvalue weighted by atomic mass is 10.1. The van der Waals surface area contributed by atoms with E-state index in [1.807, 2.05) is 0 Å². The van der Waals surface area contributed by atoms with Crippen LogP contribution >= 0.6 is 0 Å². The number of urea groups is 1. The maximum atomic E-state index is 13.3. The Morgan fingerprint density at radius 3 is 2.56 bits per heavy atom. The number of halogens is 3. The van der Waals surface area contributed by atoms with Crippen molar-refractivity contribution in [2.24, 2.45) is 0 Å². The second-order valence-electron chi connectivity index (χ2n) is 6.42. The molecule has 7 nitrogen and oxygen atoms in total. The third-order valence-electron chi connectivity index (χ3n) is 4.66. The molecule has 1 fully saturated rings. The molecule has 4 rings (SSSR count). The summed E-state index contributed by atoms with van der Waals surface area (Å²) < 4.78 is 45.0. The van der Waals surface area contributed by atoms with E-state index in [1.165, 1.54) is 9.80 Å². The summed E-state index contributed by atoms with van der Waals surface area (Å²) in [6.45, 7) is 0.974. The molecule has 2 aliphatic heterocycles. The van der Waals surface area contributed by atoms with Gasteiger partial charge in [0.15, 0.2) is 17.5 Å². The predicted octanol–water partition coefficient (Wildman–Crippen LogP) is 2.81. The molecule has 0 unspecified atom stereocenters. The number of anilines is 2. The van der Waals surface area contributed by atoms with E-state index in [0.29, 0.717) is 55.2 Å². The molecule has 0 aliphatic carbocycles. The number of fused-ring (bicyclic) bond motifs is 1. The van der Waals surface area contributed by atoms with Gasteiger partial charge in [-0.2, -0.15) is 0 Å². The van der Waals surface area contributed by atoms with Gasteiger partial charge in [-0.15, -0.1) is 0 Å². The smallest absolute Gasteiger partial charge is 0.322 e.